The Labute approximate surface area is 65.5 Å². The van der Waals surface area contributed by atoms with Crippen LogP contribution < -0.4 is 5.73 Å². The number of aliphatic hydroxyl groups is 2. The third kappa shape index (κ3) is 17.6. The van der Waals surface area contributed by atoms with Gasteiger partial charge in [0.25, 0.3) is 0 Å². The minimum absolute atomic E-state index is 0.167. The molecule has 11 heavy (non-hydrogen) atoms. The predicted molar refractivity (Wildman–Crippen MR) is 40.1 cm³/mol. The number of carboxylic acids is 1. The average molecular weight is 165 g/mol. The second-order valence-electron chi connectivity index (χ2n) is 2.22. The number of rotatable bonds is 2. The molecule has 0 aromatic rings. The van der Waals surface area contributed by atoms with E-state index in [4.69, 9.17) is 21.1 Å². The summed E-state index contributed by atoms with van der Waals surface area (Å²) in [6.07, 6.45) is -0.167. The lowest BCUT2D eigenvalue weighted by molar-refractivity contribution is -0.139. The lowest BCUT2D eigenvalue weighted by Gasteiger charge is -1.96. The van der Waals surface area contributed by atoms with E-state index in [1.165, 1.54) is 0 Å². The van der Waals surface area contributed by atoms with Crippen molar-refractivity contribution in [2.24, 2.45) is 5.73 Å². The lowest BCUT2D eigenvalue weighted by Crippen LogP contribution is -2.33. The van der Waals surface area contributed by atoms with Crippen molar-refractivity contribution in [1.29, 1.82) is 0 Å². The Morgan fingerprint density at radius 1 is 1.55 bits per heavy atom. The molecular formula is C6H15NO4. The van der Waals surface area contributed by atoms with Crippen LogP contribution in [0.3, 0.4) is 0 Å². The van der Waals surface area contributed by atoms with Crippen LogP contribution in [0.5, 0.6) is 0 Å². The Hall–Kier alpha value is -0.650. The van der Waals surface area contributed by atoms with Gasteiger partial charge >= 0.3 is 5.97 Å². The highest BCUT2D eigenvalue weighted by Gasteiger charge is 2.06. The molecule has 0 amide bonds. The Morgan fingerprint density at radius 2 is 1.82 bits per heavy atom. The molecule has 0 bridgehead atoms. The minimum atomic E-state index is -1.18. The molecule has 0 aromatic carbocycles. The van der Waals surface area contributed by atoms with E-state index in [2.05, 4.69) is 0 Å². The number of carbonyl (C=O) groups is 1. The third-order valence-corrected chi connectivity index (χ3v) is 0.514. The number of carboxylic acid groups (broad SMARTS) is 1. The molecule has 5 nitrogen and oxygen atoms in total. The fourth-order valence-corrected chi connectivity index (χ4v) is 0.0781. The Balaban J connectivity index is 0. The molecule has 0 aliphatic rings. The molecular weight excluding hydrogens is 150 g/mol. The molecule has 0 rings (SSSR count). The van der Waals surface area contributed by atoms with Gasteiger partial charge in [0.05, 0.1) is 6.61 Å². The first-order valence-electron chi connectivity index (χ1n) is 3.19. The fourth-order valence-electron chi connectivity index (χ4n) is 0.0781. The molecule has 0 saturated heterocycles. The van der Waals surface area contributed by atoms with Gasteiger partial charge in [-0.05, 0) is 13.8 Å². The van der Waals surface area contributed by atoms with Crippen LogP contribution in [-0.2, 0) is 4.79 Å². The second kappa shape index (κ2) is 7.46. The van der Waals surface area contributed by atoms with Crippen LogP contribution >= 0.6 is 0 Å². The summed E-state index contributed by atoms with van der Waals surface area (Å²) in [6, 6.07) is -1.13. The molecule has 0 aliphatic heterocycles. The molecule has 5 N–H and O–H groups in total. The molecule has 0 saturated carbocycles. The zero-order chi connectivity index (χ0) is 9.44. The monoisotopic (exact) mass is 165 g/mol. The van der Waals surface area contributed by atoms with Gasteiger partial charge in [0.1, 0.15) is 6.04 Å². The van der Waals surface area contributed by atoms with E-state index in [-0.39, 0.29) is 6.10 Å². The van der Waals surface area contributed by atoms with Crippen LogP contribution in [0.1, 0.15) is 13.8 Å². The molecule has 1 atom stereocenters. The SMILES string of the molecule is CC(C)O.N[C@@H](CO)C(=O)O. The average Bonchev–Trinajstić information content (AvgIpc) is 1.85. The first kappa shape index (κ1) is 13.0. The first-order chi connectivity index (χ1) is 4.91. The maximum absolute atomic E-state index is 9.65. The van der Waals surface area contributed by atoms with Crippen molar-refractivity contribution in [2.45, 2.75) is 26.0 Å². The highest BCUT2D eigenvalue weighted by Crippen LogP contribution is 1.71. The summed E-state index contributed by atoms with van der Waals surface area (Å²) < 4.78 is 0. The van der Waals surface area contributed by atoms with Gasteiger partial charge in [0.15, 0.2) is 0 Å². The van der Waals surface area contributed by atoms with Gasteiger partial charge in [-0.15, -0.1) is 0 Å². The van der Waals surface area contributed by atoms with Crippen molar-refractivity contribution in [3.8, 4) is 0 Å². The number of hydrogen-bond donors (Lipinski definition) is 4. The largest absolute Gasteiger partial charge is 0.480 e. The summed E-state index contributed by atoms with van der Waals surface area (Å²) in [7, 11) is 0. The topological polar surface area (TPSA) is 104 Å². The maximum Gasteiger partial charge on any atom is 0.322 e. The van der Waals surface area contributed by atoms with Gasteiger partial charge in [-0.2, -0.15) is 0 Å². The zero-order valence-corrected chi connectivity index (χ0v) is 6.69. The van der Waals surface area contributed by atoms with Gasteiger partial charge in [-0.1, -0.05) is 0 Å². The van der Waals surface area contributed by atoms with Crippen LogP contribution in [0.2, 0.25) is 0 Å². The van der Waals surface area contributed by atoms with Crippen molar-refractivity contribution in [1.82, 2.24) is 0 Å². The van der Waals surface area contributed by atoms with E-state index in [9.17, 15) is 4.79 Å². The van der Waals surface area contributed by atoms with Crippen LogP contribution in [-0.4, -0.2) is 40.0 Å². The number of nitrogens with two attached hydrogens (primary N) is 1. The van der Waals surface area contributed by atoms with Gasteiger partial charge in [-0.3, -0.25) is 4.79 Å². The Bertz CT molecular complexity index is 102. The van der Waals surface area contributed by atoms with Crippen LogP contribution in [0, 0.1) is 0 Å². The minimum Gasteiger partial charge on any atom is -0.480 e. The smallest absolute Gasteiger partial charge is 0.322 e. The lowest BCUT2D eigenvalue weighted by atomic mass is 10.3. The Morgan fingerprint density at radius 3 is 1.82 bits per heavy atom. The Kier molecular flexibility index (Phi) is 8.80. The summed E-state index contributed by atoms with van der Waals surface area (Å²) in [4.78, 5) is 9.65. The highest BCUT2D eigenvalue weighted by atomic mass is 16.4. The number of hydrogen-bond acceptors (Lipinski definition) is 4. The molecule has 5 heteroatoms. The van der Waals surface area contributed by atoms with Gasteiger partial charge < -0.3 is 21.1 Å². The molecule has 0 heterocycles. The van der Waals surface area contributed by atoms with E-state index < -0.39 is 18.6 Å². The van der Waals surface area contributed by atoms with Crippen molar-refractivity contribution >= 4 is 5.97 Å². The summed E-state index contributed by atoms with van der Waals surface area (Å²) >= 11 is 0. The van der Waals surface area contributed by atoms with Crippen molar-refractivity contribution in [2.75, 3.05) is 6.61 Å². The summed E-state index contributed by atoms with van der Waals surface area (Å²) in [5.41, 5.74) is 4.77. The summed E-state index contributed by atoms with van der Waals surface area (Å²) in [6.45, 7) is 2.94. The predicted octanol–water partition coefficient (Wildman–Crippen LogP) is -1.22. The summed E-state index contributed by atoms with van der Waals surface area (Å²) in [5, 5.41) is 24.0. The van der Waals surface area contributed by atoms with Gasteiger partial charge in [0.2, 0.25) is 0 Å². The van der Waals surface area contributed by atoms with Crippen molar-refractivity contribution in [3.05, 3.63) is 0 Å². The number of aliphatic carboxylic acids is 1. The third-order valence-electron chi connectivity index (χ3n) is 0.514. The van der Waals surface area contributed by atoms with Gasteiger partial charge in [-0.25, -0.2) is 0 Å². The van der Waals surface area contributed by atoms with E-state index in [1.54, 1.807) is 13.8 Å². The van der Waals surface area contributed by atoms with Crippen LogP contribution in [0.15, 0.2) is 0 Å². The second-order valence-corrected chi connectivity index (χ2v) is 2.22. The van der Waals surface area contributed by atoms with Crippen LogP contribution in [0.25, 0.3) is 0 Å². The molecule has 0 spiro atoms. The maximum atomic E-state index is 9.65. The van der Waals surface area contributed by atoms with Crippen molar-refractivity contribution < 1.29 is 20.1 Å². The van der Waals surface area contributed by atoms with E-state index in [0.717, 1.165) is 0 Å². The molecule has 0 aliphatic carbocycles. The van der Waals surface area contributed by atoms with E-state index in [1.807, 2.05) is 0 Å². The molecule has 0 radical (unpaired) electrons. The molecule has 0 unspecified atom stereocenters. The first-order valence-corrected chi connectivity index (χ1v) is 3.19. The quantitative estimate of drug-likeness (QED) is 0.410. The van der Waals surface area contributed by atoms with E-state index >= 15 is 0 Å². The normalized spacial score (nSPS) is 11.8. The molecule has 68 valence electrons. The standard InChI is InChI=1S/C3H7NO3.C3H8O/c4-2(1-5)3(6)7;1-3(2)4/h2,5H,1,4H2,(H,6,7);3-4H,1-2H3/t2-;/m0./s1. The molecule has 0 aromatic heterocycles. The van der Waals surface area contributed by atoms with Crippen molar-refractivity contribution in [3.63, 3.8) is 0 Å². The summed E-state index contributed by atoms with van der Waals surface area (Å²) in [5.74, 6) is -1.18. The fraction of sp³-hybridized carbons (Fsp3) is 0.833. The highest BCUT2D eigenvalue weighted by molar-refractivity contribution is 5.73. The van der Waals surface area contributed by atoms with Gasteiger partial charge in [0, 0.05) is 6.10 Å². The molecule has 0 fully saturated rings. The zero-order valence-electron chi connectivity index (χ0n) is 6.69. The van der Waals surface area contributed by atoms with Crippen LogP contribution in [0.4, 0.5) is 0 Å². The van der Waals surface area contributed by atoms with E-state index in [0.29, 0.717) is 0 Å². The number of aliphatic hydroxyl groups excluding tert-OH is 2.